The van der Waals surface area contributed by atoms with Crippen molar-refractivity contribution in [3.63, 3.8) is 0 Å². The van der Waals surface area contributed by atoms with E-state index in [1.54, 1.807) is 0 Å². The minimum Gasteiger partial charge on any atom is -0.0622 e. The fourth-order valence-electron chi connectivity index (χ4n) is 8.20. The third kappa shape index (κ3) is 5.08. The molecule has 10 aromatic rings. The maximum atomic E-state index is 2.39. The molecule has 0 amide bonds. The maximum absolute atomic E-state index is 2.39. The smallest absolute Gasteiger partial charge is 0.00141 e. The van der Waals surface area contributed by atoms with E-state index in [2.05, 4.69) is 206 Å². The zero-order valence-corrected chi connectivity index (χ0v) is 28.6. The Balaban J connectivity index is 1.28. The zero-order chi connectivity index (χ0) is 34.4. The Kier molecular flexibility index (Phi) is 7.25. The first kappa shape index (κ1) is 30.1. The first-order valence-electron chi connectivity index (χ1n) is 18.0. The third-order valence-electron chi connectivity index (χ3n) is 10.6. The molecule has 0 atom stereocenters. The molecule has 0 spiro atoms. The highest BCUT2D eigenvalue weighted by atomic mass is 14.2. The molecule has 0 saturated heterocycles. The molecule has 0 radical (unpaired) electrons. The van der Waals surface area contributed by atoms with Crippen molar-refractivity contribution in [3.8, 4) is 55.6 Å². The SMILES string of the molecule is c1ccc(-c2ccc(-c3cccc4c(-c5cccc6ccccc56)c5ccccc5c(-c5cccc(-c6ccc7ccccc7c6)c5)c34)cc2)cc1. The molecule has 52 heavy (non-hydrogen) atoms. The van der Waals surface area contributed by atoms with Gasteiger partial charge in [0.25, 0.3) is 0 Å². The van der Waals surface area contributed by atoms with Gasteiger partial charge in [-0.25, -0.2) is 0 Å². The highest BCUT2D eigenvalue weighted by molar-refractivity contribution is 6.26. The van der Waals surface area contributed by atoms with Crippen LogP contribution in [0.15, 0.2) is 206 Å². The monoisotopic (exact) mass is 658 g/mol. The molecule has 0 saturated carbocycles. The first-order chi connectivity index (χ1) is 25.8. The van der Waals surface area contributed by atoms with Gasteiger partial charge in [-0.3, -0.25) is 0 Å². The minimum atomic E-state index is 1.20. The number of hydrogen-bond donors (Lipinski definition) is 0. The topological polar surface area (TPSA) is 0 Å². The molecule has 0 heterocycles. The standard InChI is InChI=1S/C52H34/c1-2-13-35(14-3-1)37-27-30-39(31-28-37)45-24-12-26-49-51(46-25-11-18-38-16-6-7-21-44(38)46)48-23-9-8-22-47(48)50(52(45)49)43-20-10-19-41(34-43)42-32-29-36-15-4-5-17-40(36)33-42/h1-34H. The summed E-state index contributed by atoms with van der Waals surface area (Å²) < 4.78 is 0. The van der Waals surface area contributed by atoms with Crippen molar-refractivity contribution in [2.75, 3.05) is 0 Å². The normalized spacial score (nSPS) is 11.5. The van der Waals surface area contributed by atoms with Gasteiger partial charge >= 0.3 is 0 Å². The van der Waals surface area contributed by atoms with Gasteiger partial charge in [0.15, 0.2) is 0 Å². The molecule has 10 aromatic carbocycles. The summed E-state index contributed by atoms with van der Waals surface area (Å²) in [5.41, 5.74) is 12.3. The summed E-state index contributed by atoms with van der Waals surface area (Å²) >= 11 is 0. The average molecular weight is 659 g/mol. The van der Waals surface area contributed by atoms with Gasteiger partial charge in [-0.15, -0.1) is 0 Å². The number of rotatable bonds is 5. The van der Waals surface area contributed by atoms with Crippen LogP contribution in [0.4, 0.5) is 0 Å². The van der Waals surface area contributed by atoms with Crippen LogP contribution in [-0.4, -0.2) is 0 Å². The lowest BCUT2D eigenvalue weighted by Crippen LogP contribution is -1.94. The van der Waals surface area contributed by atoms with Gasteiger partial charge in [0, 0.05) is 0 Å². The van der Waals surface area contributed by atoms with E-state index in [9.17, 15) is 0 Å². The Bertz CT molecular complexity index is 2930. The molecular formula is C52H34. The lowest BCUT2D eigenvalue weighted by Gasteiger charge is -2.21. The number of fused-ring (bicyclic) bond motifs is 4. The van der Waals surface area contributed by atoms with Gasteiger partial charge in [0.1, 0.15) is 0 Å². The third-order valence-corrected chi connectivity index (χ3v) is 10.6. The van der Waals surface area contributed by atoms with E-state index in [0.717, 1.165) is 0 Å². The highest BCUT2D eigenvalue weighted by Crippen LogP contribution is 2.48. The van der Waals surface area contributed by atoms with E-state index < -0.39 is 0 Å². The van der Waals surface area contributed by atoms with Crippen molar-refractivity contribution in [2.45, 2.75) is 0 Å². The van der Waals surface area contributed by atoms with E-state index in [4.69, 9.17) is 0 Å². The summed E-state index contributed by atoms with van der Waals surface area (Å²) in [6.07, 6.45) is 0. The second-order valence-corrected chi connectivity index (χ2v) is 13.6. The molecule has 0 unspecified atom stereocenters. The van der Waals surface area contributed by atoms with Crippen LogP contribution in [0.2, 0.25) is 0 Å². The largest absolute Gasteiger partial charge is 0.0622 e. The summed E-state index contributed by atoms with van der Waals surface area (Å²) in [5, 5.41) is 10.1. The van der Waals surface area contributed by atoms with Crippen LogP contribution in [0.1, 0.15) is 0 Å². The quantitative estimate of drug-likeness (QED) is 0.161. The predicted molar refractivity (Wildman–Crippen MR) is 224 cm³/mol. The van der Waals surface area contributed by atoms with Gasteiger partial charge < -0.3 is 0 Å². The molecule has 0 heteroatoms. The van der Waals surface area contributed by atoms with E-state index >= 15 is 0 Å². The van der Waals surface area contributed by atoms with Crippen LogP contribution in [0.25, 0.3) is 98.7 Å². The molecule has 0 aromatic heterocycles. The van der Waals surface area contributed by atoms with Crippen molar-refractivity contribution in [1.29, 1.82) is 0 Å². The molecule has 0 aliphatic heterocycles. The van der Waals surface area contributed by atoms with Crippen molar-refractivity contribution < 1.29 is 0 Å². The van der Waals surface area contributed by atoms with Crippen LogP contribution >= 0.6 is 0 Å². The highest BCUT2D eigenvalue weighted by Gasteiger charge is 2.21. The van der Waals surface area contributed by atoms with Crippen molar-refractivity contribution in [1.82, 2.24) is 0 Å². The van der Waals surface area contributed by atoms with Crippen molar-refractivity contribution in [3.05, 3.63) is 206 Å². The summed E-state index contributed by atoms with van der Waals surface area (Å²) in [6.45, 7) is 0. The molecule has 0 N–H and O–H groups in total. The van der Waals surface area contributed by atoms with Crippen LogP contribution in [-0.2, 0) is 0 Å². The first-order valence-corrected chi connectivity index (χ1v) is 18.0. The van der Waals surface area contributed by atoms with Crippen LogP contribution < -0.4 is 0 Å². The van der Waals surface area contributed by atoms with Gasteiger partial charge in [0.2, 0.25) is 0 Å². The van der Waals surface area contributed by atoms with E-state index in [1.165, 1.54) is 98.7 Å². The van der Waals surface area contributed by atoms with E-state index in [-0.39, 0.29) is 0 Å². The fraction of sp³-hybridized carbons (Fsp3) is 0. The molecule has 0 bridgehead atoms. The van der Waals surface area contributed by atoms with Gasteiger partial charge in [0.05, 0.1) is 0 Å². The lowest BCUT2D eigenvalue weighted by atomic mass is 9.81. The number of benzene rings is 10. The molecule has 0 fully saturated rings. The average Bonchev–Trinajstić information content (AvgIpc) is 3.22. The minimum absolute atomic E-state index is 1.20. The Hall–Kier alpha value is -6.76. The summed E-state index contributed by atoms with van der Waals surface area (Å²) in [6, 6.07) is 75.6. The van der Waals surface area contributed by atoms with Crippen LogP contribution in [0.3, 0.4) is 0 Å². The number of hydrogen-bond acceptors (Lipinski definition) is 0. The molecule has 242 valence electrons. The Morgan fingerprint density at radius 1 is 0.212 bits per heavy atom. The van der Waals surface area contributed by atoms with Gasteiger partial charge in [-0.2, -0.15) is 0 Å². The van der Waals surface area contributed by atoms with E-state index in [1.807, 2.05) is 0 Å². The van der Waals surface area contributed by atoms with Crippen LogP contribution in [0.5, 0.6) is 0 Å². The fourth-order valence-corrected chi connectivity index (χ4v) is 8.20. The van der Waals surface area contributed by atoms with Gasteiger partial charge in [-0.05, 0) is 111 Å². The molecule has 0 aliphatic rings. The molecule has 0 nitrogen and oxygen atoms in total. The molecular weight excluding hydrogens is 625 g/mol. The predicted octanol–water partition coefficient (Wildman–Crippen LogP) is 14.6. The van der Waals surface area contributed by atoms with Gasteiger partial charge in [-0.1, -0.05) is 194 Å². The second-order valence-electron chi connectivity index (χ2n) is 13.6. The van der Waals surface area contributed by atoms with Crippen molar-refractivity contribution >= 4 is 43.1 Å². The summed E-state index contributed by atoms with van der Waals surface area (Å²) in [5.74, 6) is 0. The Morgan fingerprint density at radius 3 is 1.54 bits per heavy atom. The molecule has 0 aliphatic carbocycles. The Morgan fingerprint density at radius 2 is 0.712 bits per heavy atom. The van der Waals surface area contributed by atoms with Crippen LogP contribution in [0, 0.1) is 0 Å². The second kappa shape index (κ2) is 12.5. The zero-order valence-electron chi connectivity index (χ0n) is 28.6. The maximum Gasteiger partial charge on any atom is -0.00141 e. The lowest BCUT2D eigenvalue weighted by molar-refractivity contribution is 1.60. The Labute approximate surface area is 303 Å². The van der Waals surface area contributed by atoms with E-state index in [0.29, 0.717) is 0 Å². The summed E-state index contributed by atoms with van der Waals surface area (Å²) in [4.78, 5) is 0. The molecule has 10 rings (SSSR count). The van der Waals surface area contributed by atoms with Crippen molar-refractivity contribution in [2.24, 2.45) is 0 Å². The summed E-state index contributed by atoms with van der Waals surface area (Å²) in [7, 11) is 0.